The van der Waals surface area contributed by atoms with Crippen LogP contribution in [-0.4, -0.2) is 35.9 Å². The predicted octanol–water partition coefficient (Wildman–Crippen LogP) is 1.35. The quantitative estimate of drug-likeness (QED) is 0.874. The number of nitrogens with two attached hydrogens (primary N) is 1. The Morgan fingerprint density at radius 1 is 1.40 bits per heavy atom. The Hall–Kier alpha value is -1.37. The van der Waals surface area contributed by atoms with Crippen LogP contribution in [0.1, 0.15) is 39.4 Å². The van der Waals surface area contributed by atoms with Crippen molar-refractivity contribution in [1.82, 2.24) is 9.97 Å². The van der Waals surface area contributed by atoms with Gasteiger partial charge >= 0.3 is 0 Å². The standard InChI is InChI=1S/C13H22N4O2S/c1-13(2,3)12-16-10(14)7-11(17-12)15-8-9-5-4-6-20(9,18)19/h7,9H,4-6,8H2,1-3H3,(H3,14,15,16,17). The van der Waals surface area contributed by atoms with E-state index in [0.29, 0.717) is 36.2 Å². The third kappa shape index (κ3) is 3.39. The molecule has 0 saturated carbocycles. The first kappa shape index (κ1) is 15.0. The number of hydrogen-bond donors (Lipinski definition) is 2. The number of nitrogen functional groups attached to an aromatic ring is 1. The summed E-state index contributed by atoms with van der Waals surface area (Å²) in [5.74, 6) is 1.92. The molecule has 20 heavy (non-hydrogen) atoms. The van der Waals surface area contributed by atoms with Gasteiger partial charge in [0.05, 0.1) is 11.0 Å². The van der Waals surface area contributed by atoms with Crippen molar-refractivity contribution < 1.29 is 8.42 Å². The summed E-state index contributed by atoms with van der Waals surface area (Å²) in [4.78, 5) is 8.64. The van der Waals surface area contributed by atoms with Gasteiger partial charge in [0.25, 0.3) is 0 Å². The van der Waals surface area contributed by atoms with Crippen LogP contribution in [0.15, 0.2) is 6.07 Å². The fraction of sp³-hybridized carbons (Fsp3) is 0.692. The molecule has 0 spiro atoms. The van der Waals surface area contributed by atoms with Crippen LogP contribution < -0.4 is 11.1 Å². The molecule has 1 saturated heterocycles. The van der Waals surface area contributed by atoms with Gasteiger partial charge in [-0.25, -0.2) is 18.4 Å². The van der Waals surface area contributed by atoms with Crippen LogP contribution in [0, 0.1) is 0 Å². The van der Waals surface area contributed by atoms with E-state index in [0.717, 1.165) is 6.42 Å². The van der Waals surface area contributed by atoms with Crippen molar-refractivity contribution in [3.63, 3.8) is 0 Å². The molecule has 1 aromatic heterocycles. The minimum Gasteiger partial charge on any atom is -0.384 e. The lowest BCUT2D eigenvalue weighted by Gasteiger charge is -2.18. The van der Waals surface area contributed by atoms with Crippen molar-refractivity contribution in [3.8, 4) is 0 Å². The first-order chi connectivity index (χ1) is 9.18. The maximum atomic E-state index is 11.8. The van der Waals surface area contributed by atoms with Crippen molar-refractivity contribution in [2.24, 2.45) is 0 Å². The predicted molar refractivity (Wildman–Crippen MR) is 80.4 cm³/mol. The zero-order chi connectivity index (χ0) is 15.0. The van der Waals surface area contributed by atoms with E-state index >= 15 is 0 Å². The molecular formula is C13H22N4O2S. The SMILES string of the molecule is CC(C)(C)c1nc(N)cc(NCC2CCCS2(=O)=O)n1. The second kappa shape index (κ2) is 5.20. The Kier molecular flexibility index (Phi) is 3.90. The molecule has 1 aliphatic rings. The second-order valence-corrected chi connectivity index (χ2v) is 8.66. The van der Waals surface area contributed by atoms with Crippen molar-refractivity contribution in [3.05, 3.63) is 11.9 Å². The number of anilines is 2. The van der Waals surface area contributed by atoms with Gasteiger partial charge in [-0.15, -0.1) is 0 Å². The molecule has 2 rings (SSSR count). The molecule has 1 aromatic rings. The molecule has 0 radical (unpaired) electrons. The van der Waals surface area contributed by atoms with E-state index in [1.54, 1.807) is 6.07 Å². The zero-order valence-electron chi connectivity index (χ0n) is 12.2. The minimum atomic E-state index is -2.94. The van der Waals surface area contributed by atoms with Gasteiger partial charge < -0.3 is 11.1 Å². The normalized spacial score (nSPS) is 21.9. The first-order valence-electron chi connectivity index (χ1n) is 6.79. The van der Waals surface area contributed by atoms with Crippen molar-refractivity contribution in [2.45, 2.75) is 44.3 Å². The van der Waals surface area contributed by atoms with Gasteiger partial charge in [-0.2, -0.15) is 0 Å². The summed E-state index contributed by atoms with van der Waals surface area (Å²) in [5, 5.41) is 2.76. The van der Waals surface area contributed by atoms with Gasteiger partial charge in [0.15, 0.2) is 9.84 Å². The minimum absolute atomic E-state index is 0.203. The van der Waals surface area contributed by atoms with Crippen molar-refractivity contribution in [1.29, 1.82) is 0 Å². The maximum Gasteiger partial charge on any atom is 0.154 e. The lowest BCUT2D eigenvalue weighted by molar-refractivity contribution is 0.546. The number of rotatable bonds is 3. The third-order valence-corrected chi connectivity index (χ3v) is 5.67. The van der Waals surface area contributed by atoms with E-state index in [1.165, 1.54) is 0 Å². The van der Waals surface area contributed by atoms with E-state index in [-0.39, 0.29) is 10.7 Å². The molecule has 0 amide bonds. The molecule has 0 bridgehead atoms. The topological polar surface area (TPSA) is 98.0 Å². The highest BCUT2D eigenvalue weighted by Crippen LogP contribution is 2.23. The summed E-state index contributed by atoms with van der Waals surface area (Å²) in [5.41, 5.74) is 5.58. The Balaban J connectivity index is 2.12. The van der Waals surface area contributed by atoms with Gasteiger partial charge in [-0.3, -0.25) is 0 Å². The second-order valence-electron chi connectivity index (χ2n) is 6.26. The maximum absolute atomic E-state index is 11.8. The molecule has 1 aliphatic heterocycles. The Morgan fingerprint density at radius 3 is 2.65 bits per heavy atom. The molecule has 0 aromatic carbocycles. The van der Waals surface area contributed by atoms with Gasteiger partial charge in [-0.1, -0.05) is 20.8 Å². The highest BCUT2D eigenvalue weighted by atomic mass is 32.2. The summed E-state index contributed by atoms with van der Waals surface area (Å²) < 4.78 is 23.6. The van der Waals surface area contributed by atoms with Crippen molar-refractivity contribution in [2.75, 3.05) is 23.3 Å². The van der Waals surface area contributed by atoms with Crippen molar-refractivity contribution >= 4 is 21.5 Å². The molecule has 1 atom stereocenters. The molecule has 2 heterocycles. The monoisotopic (exact) mass is 298 g/mol. The number of hydrogen-bond acceptors (Lipinski definition) is 6. The number of sulfone groups is 1. The Morgan fingerprint density at radius 2 is 2.10 bits per heavy atom. The van der Waals surface area contributed by atoms with Crippen LogP contribution >= 0.6 is 0 Å². The molecule has 7 heteroatoms. The zero-order valence-corrected chi connectivity index (χ0v) is 13.0. The summed E-state index contributed by atoms with van der Waals surface area (Å²) >= 11 is 0. The summed E-state index contributed by atoms with van der Waals surface area (Å²) in [6, 6.07) is 1.64. The van der Waals surface area contributed by atoms with Crippen LogP contribution in [0.2, 0.25) is 0 Å². The summed E-state index contributed by atoms with van der Waals surface area (Å²) in [6.45, 7) is 6.40. The fourth-order valence-electron chi connectivity index (χ4n) is 2.20. The van der Waals surface area contributed by atoms with Crippen LogP contribution in [0.3, 0.4) is 0 Å². The van der Waals surface area contributed by atoms with E-state index in [1.807, 2.05) is 20.8 Å². The third-order valence-electron chi connectivity index (χ3n) is 3.39. The number of nitrogens with zero attached hydrogens (tertiary/aromatic N) is 2. The molecule has 1 unspecified atom stereocenters. The van der Waals surface area contributed by atoms with E-state index < -0.39 is 9.84 Å². The smallest absolute Gasteiger partial charge is 0.154 e. The Bertz CT molecular complexity index is 593. The van der Waals surface area contributed by atoms with Crippen LogP contribution in [0.5, 0.6) is 0 Å². The fourth-order valence-corrected chi connectivity index (χ4v) is 3.96. The lowest BCUT2D eigenvalue weighted by Crippen LogP contribution is -2.26. The average Bonchev–Trinajstić information content (AvgIpc) is 2.64. The highest BCUT2D eigenvalue weighted by Gasteiger charge is 2.31. The number of nitrogens with one attached hydrogen (secondary N) is 1. The van der Waals surface area contributed by atoms with Gasteiger partial charge in [0.1, 0.15) is 17.5 Å². The molecule has 1 fully saturated rings. The van der Waals surface area contributed by atoms with Gasteiger partial charge in [0, 0.05) is 18.0 Å². The number of aromatic nitrogens is 2. The van der Waals surface area contributed by atoms with E-state index in [4.69, 9.17) is 5.73 Å². The van der Waals surface area contributed by atoms with Crippen LogP contribution in [0.25, 0.3) is 0 Å². The highest BCUT2D eigenvalue weighted by molar-refractivity contribution is 7.92. The summed E-state index contributed by atoms with van der Waals surface area (Å²) in [6.07, 6.45) is 1.45. The van der Waals surface area contributed by atoms with Crippen LogP contribution in [-0.2, 0) is 15.3 Å². The Labute approximate surface area is 120 Å². The average molecular weight is 298 g/mol. The molecule has 0 aliphatic carbocycles. The summed E-state index contributed by atoms with van der Waals surface area (Å²) in [7, 11) is -2.94. The molecular weight excluding hydrogens is 276 g/mol. The first-order valence-corrected chi connectivity index (χ1v) is 8.50. The van der Waals surface area contributed by atoms with Crippen LogP contribution in [0.4, 0.5) is 11.6 Å². The van der Waals surface area contributed by atoms with E-state index in [9.17, 15) is 8.42 Å². The molecule has 6 nitrogen and oxygen atoms in total. The van der Waals surface area contributed by atoms with Gasteiger partial charge in [-0.05, 0) is 12.8 Å². The molecule has 112 valence electrons. The van der Waals surface area contributed by atoms with Gasteiger partial charge in [0.2, 0.25) is 0 Å². The van der Waals surface area contributed by atoms with E-state index in [2.05, 4.69) is 15.3 Å². The largest absolute Gasteiger partial charge is 0.384 e. The lowest BCUT2D eigenvalue weighted by atomic mass is 9.96. The molecule has 3 N–H and O–H groups in total.